The third kappa shape index (κ3) is 3.85. The Morgan fingerprint density at radius 3 is 2.78 bits per heavy atom. The third-order valence-corrected chi connectivity index (χ3v) is 4.98. The third-order valence-electron chi connectivity index (χ3n) is 3.73. The van der Waals surface area contributed by atoms with Crippen molar-refractivity contribution >= 4 is 22.7 Å². The number of carbonyl (C=O) groups is 1. The van der Waals surface area contributed by atoms with Crippen LogP contribution >= 0.6 is 11.8 Å². The molecule has 2 atom stereocenters. The van der Waals surface area contributed by atoms with E-state index in [4.69, 9.17) is 9.47 Å². The second-order valence-corrected chi connectivity index (χ2v) is 6.33. The van der Waals surface area contributed by atoms with Gasteiger partial charge in [0.05, 0.1) is 25.3 Å². The molecule has 0 N–H and O–H groups in total. The summed E-state index contributed by atoms with van der Waals surface area (Å²) in [5.41, 5.74) is 0.816. The molecule has 0 aromatic heterocycles. The number of rotatable bonds is 5. The summed E-state index contributed by atoms with van der Waals surface area (Å²) in [6.45, 7) is 2.06. The van der Waals surface area contributed by atoms with Crippen molar-refractivity contribution in [1.82, 2.24) is 0 Å². The Labute approximate surface area is 140 Å². The Kier molecular flexibility index (Phi) is 6.05. The first-order valence-electron chi connectivity index (χ1n) is 7.50. The molecule has 1 aromatic rings. The maximum atomic E-state index is 12.1. The molecule has 6 heteroatoms. The van der Waals surface area contributed by atoms with Gasteiger partial charge in [0, 0.05) is 17.9 Å². The fourth-order valence-corrected chi connectivity index (χ4v) is 3.58. The van der Waals surface area contributed by atoms with E-state index in [0.29, 0.717) is 16.5 Å². The number of ether oxygens (including phenoxy) is 2. The van der Waals surface area contributed by atoms with Crippen molar-refractivity contribution in [2.75, 3.05) is 20.0 Å². The number of thioether (sulfide) groups is 1. The van der Waals surface area contributed by atoms with Crippen molar-refractivity contribution in [1.29, 1.82) is 5.26 Å². The molecule has 1 amide bonds. The highest BCUT2D eigenvalue weighted by Gasteiger charge is 2.36. The molecular weight excluding hydrogens is 312 g/mol. The number of nitriles is 1. The number of aliphatic imine (C=N–C) groups is 1. The van der Waals surface area contributed by atoms with E-state index in [0.717, 1.165) is 17.7 Å². The summed E-state index contributed by atoms with van der Waals surface area (Å²) in [5, 5.41) is 10.3. The Morgan fingerprint density at radius 2 is 2.17 bits per heavy atom. The molecule has 0 aliphatic carbocycles. The van der Waals surface area contributed by atoms with Crippen molar-refractivity contribution in [2.45, 2.75) is 25.7 Å². The molecule has 0 saturated heterocycles. The average molecular weight is 332 g/mol. The minimum Gasteiger partial charge on any atom is -0.497 e. The molecule has 23 heavy (non-hydrogen) atoms. The quantitative estimate of drug-likeness (QED) is 0.826. The topological polar surface area (TPSA) is 71.7 Å². The molecule has 0 radical (unpaired) electrons. The van der Waals surface area contributed by atoms with E-state index in [1.807, 2.05) is 6.07 Å². The fraction of sp³-hybridized carbons (Fsp3) is 0.471. The van der Waals surface area contributed by atoms with E-state index in [9.17, 15) is 10.1 Å². The Bertz CT molecular complexity index is 652. The second-order valence-electron chi connectivity index (χ2n) is 5.22. The van der Waals surface area contributed by atoms with Crippen LogP contribution in [0.25, 0.3) is 0 Å². The van der Waals surface area contributed by atoms with Crippen LogP contribution < -0.4 is 9.47 Å². The Morgan fingerprint density at radius 1 is 1.39 bits per heavy atom. The van der Waals surface area contributed by atoms with Crippen LogP contribution in [0.1, 0.15) is 31.2 Å². The lowest BCUT2D eigenvalue weighted by Gasteiger charge is -2.27. The largest absolute Gasteiger partial charge is 0.497 e. The van der Waals surface area contributed by atoms with Crippen molar-refractivity contribution < 1.29 is 14.3 Å². The number of methoxy groups -OCH3 is 2. The average Bonchev–Trinajstić information content (AvgIpc) is 2.58. The van der Waals surface area contributed by atoms with E-state index >= 15 is 0 Å². The van der Waals surface area contributed by atoms with Crippen molar-refractivity contribution in [3.8, 4) is 17.6 Å². The van der Waals surface area contributed by atoms with Gasteiger partial charge in [-0.05, 0) is 30.4 Å². The predicted molar refractivity (Wildman–Crippen MR) is 91.2 cm³/mol. The van der Waals surface area contributed by atoms with Gasteiger partial charge in [-0.2, -0.15) is 5.26 Å². The zero-order valence-corrected chi connectivity index (χ0v) is 14.4. The van der Waals surface area contributed by atoms with Gasteiger partial charge in [0.25, 0.3) is 0 Å². The molecule has 1 aliphatic rings. The summed E-state index contributed by atoms with van der Waals surface area (Å²) in [6, 6.07) is 7.77. The van der Waals surface area contributed by atoms with Crippen LogP contribution in [0.3, 0.4) is 0 Å². The SMILES string of the molecule is CCCSC1=NC(=O)CC(c2cc(OC)ccc2OC)C1C#N. The van der Waals surface area contributed by atoms with Gasteiger partial charge in [-0.25, -0.2) is 4.99 Å². The number of nitrogens with zero attached hydrogens (tertiary/aromatic N) is 2. The zero-order chi connectivity index (χ0) is 16.8. The molecule has 1 heterocycles. The Hall–Kier alpha value is -2.00. The van der Waals surface area contributed by atoms with Gasteiger partial charge >= 0.3 is 0 Å². The molecule has 122 valence electrons. The predicted octanol–water partition coefficient (Wildman–Crippen LogP) is 3.40. The summed E-state index contributed by atoms with van der Waals surface area (Å²) in [6.07, 6.45) is 1.17. The summed E-state index contributed by atoms with van der Waals surface area (Å²) >= 11 is 1.49. The van der Waals surface area contributed by atoms with Crippen molar-refractivity contribution in [2.24, 2.45) is 10.9 Å². The molecule has 0 saturated carbocycles. The van der Waals surface area contributed by atoms with Gasteiger partial charge in [0.1, 0.15) is 17.4 Å². The standard InChI is InChI=1S/C17H20N2O3S/c1-4-7-23-17-14(10-18)12(9-16(20)19-17)13-8-11(21-2)5-6-15(13)22-3/h5-6,8,12,14H,4,7,9H2,1-3H3. The monoisotopic (exact) mass is 332 g/mol. The first-order valence-corrected chi connectivity index (χ1v) is 8.48. The minimum atomic E-state index is -0.440. The first-order chi connectivity index (χ1) is 11.1. The van der Waals surface area contributed by atoms with Crippen LogP contribution in [0.2, 0.25) is 0 Å². The van der Waals surface area contributed by atoms with Crippen LogP contribution in [-0.4, -0.2) is 30.9 Å². The van der Waals surface area contributed by atoms with Crippen LogP contribution in [0, 0.1) is 17.2 Å². The van der Waals surface area contributed by atoms with Crippen LogP contribution in [-0.2, 0) is 4.79 Å². The normalized spacial score (nSPS) is 20.6. The van der Waals surface area contributed by atoms with Gasteiger partial charge in [-0.1, -0.05) is 6.92 Å². The maximum Gasteiger partial charge on any atom is 0.247 e. The zero-order valence-electron chi connectivity index (χ0n) is 13.5. The van der Waals surface area contributed by atoms with Crippen LogP contribution in [0.5, 0.6) is 11.5 Å². The van der Waals surface area contributed by atoms with E-state index in [-0.39, 0.29) is 18.2 Å². The van der Waals surface area contributed by atoms with Crippen molar-refractivity contribution in [3.05, 3.63) is 23.8 Å². The number of amides is 1. The van der Waals surface area contributed by atoms with E-state index in [1.54, 1.807) is 26.4 Å². The molecule has 0 bridgehead atoms. The highest BCUT2D eigenvalue weighted by Crippen LogP contribution is 2.41. The lowest BCUT2D eigenvalue weighted by atomic mass is 9.82. The number of carbonyl (C=O) groups excluding carboxylic acids is 1. The van der Waals surface area contributed by atoms with Crippen LogP contribution in [0.4, 0.5) is 0 Å². The smallest absolute Gasteiger partial charge is 0.247 e. The van der Waals surface area contributed by atoms with Gasteiger partial charge < -0.3 is 9.47 Å². The molecule has 0 fully saturated rings. The molecule has 0 spiro atoms. The van der Waals surface area contributed by atoms with E-state index < -0.39 is 5.92 Å². The molecule has 2 rings (SSSR count). The van der Waals surface area contributed by atoms with Crippen LogP contribution in [0.15, 0.2) is 23.2 Å². The highest BCUT2D eigenvalue weighted by molar-refractivity contribution is 8.14. The maximum absolute atomic E-state index is 12.1. The summed E-state index contributed by atoms with van der Waals surface area (Å²) in [5.74, 6) is 1.28. The fourth-order valence-electron chi connectivity index (χ4n) is 2.61. The molecular formula is C17H20N2O3S. The second kappa shape index (κ2) is 8.02. The van der Waals surface area contributed by atoms with Gasteiger partial charge in [-0.3, -0.25) is 4.79 Å². The molecule has 2 unspecified atom stereocenters. The summed E-state index contributed by atoms with van der Waals surface area (Å²) in [4.78, 5) is 16.1. The molecule has 5 nitrogen and oxygen atoms in total. The minimum absolute atomic E-state index is 0.190. The number of hydrogen-bond acceptors (Lipinski definition) is 5. The number of hydrogen-bond donors (Lipinski definition) is 0. The number of benzene rings is 1. The Balaban J connectivity index is 2.43. The first kappa shape index (κ1) is 17.4. The lowest BCUT2D eigenvalue weighted by Crippen LogP contribution is -2.27. The highest BCUT2D eigenvalue weighted by atomic mass is 32.2. The van der Waals surface area contributed by atoms with Gasteiger partial charge in [0.15, 0.2) is 0 Å². The van der Waals surface area contributed by atoms with E-state index in [2.05, 4.69) is 18.0 Å². The van der Waals surface area contributed by atoms with Gasteiger partial charge in [0.2, 0.25) is 5.91 Å². The molecule has 1 aliphatic heterocycles. The van der Waals surface area contributed by atoms with Crippen molar-refractivity contribution in [3.63, 3.8) is 0 Å². The summed E-state index contributed by atoms with van der Waals surface area (Å²) in [7, 11) is 3.17. The molecule has 1 aromatic carbocycles. The lowest BCUT2D eigenvalue weighted by molar-refractivity contribution is -0.118. The van der Waals surface area contributed by atoms with E-state index in [1.165, 1.54) is 11.8 Å². The summed E-state index contributed by atoms with van der Waals surface area (Å²) < 4.78 is 10.7. The van der Waals surface area contributed by atoms with Gasteiger partial charge in [-0.15, -0.1) is 11.8 Å².